The van der Waals surface area contributed by atoms with Crippen molar-refractivity contribution < 1.29 is 19.8 Å². The molecule has 70 valence electrons. The van der Waals surface area contributed by atoms with E-state index in [1.807, 2.05) is 0 Å². The number of nitrogens with zero attached hydrogens (tertiary/aromatic N) is 2. The molecule has 1 rings (SSSR count). The molecule has 0 radical (unpaired) electrons. The van der Waals surface area contributed by atoms with Crippen LogP contribution in [0, 0.1) is 0 Å². The lowest BCUT2D eigenvalue weighted by Gasteiger charge is -1.96. The zero-order valence-corrected chi connectivity index (χ0v) is 7.45. The number of aromatic nitrogens is 2. The first-order chi connectivity index (χ1) is 5.95. The quantitative estimate of drug-likeness (QED) is 0.592. The molecule has 0 saturated carbocycles. The van der Waals surface area contributed by atoms with Crippen molar-refractivity contribution in [2.24, 2.45) is 7.05 Å². The summed E-state index contributed by atoms with van der Waals surface area (Å²) in [5, 5.41) is 17.3. The molecule has 0 amide bonds. The van der Waals surface area contributed by atoms with Crippen LogP contribution in [0.15, 0.2) is 5.16 Å². The molecule has 0 bridgehead atoms. The Kier molecular flexibility index (Phi) is 2.28. The second-order valence-corrected chi connectivity index (χ2v) is 2.68. The zero-order chi connectivity index (χ0) is 10.2. The highest BCUT2D eigenvalue weighted by atomic mass is 32.1. The predicted molar refractivity (Wildman–Crippen MR) is 44.4 cm³/mol. The van der Waals surface area contributed by atoms with E-state index < -0.39 is 17.6 Å². The van der Waals surface area contributed by atoms with Crippen molar-refractivity contribution in [2.75, 3.05) is 0 Å². The normalized spacial score (nSPS) is 10.0. The second-order valence-electron chi connectivity index (χ2n) is 2.28. The van der Waals surface area contributed by atoms with Gasteiger partial charge < -0.3 is 14.8 Å². The maximum absolute atomic E-state index is 10.6. The number of hydrogen-bond donors (Lipinski definition) is 3. The van der Waals surface area contributed by atoms with Crippen molar-refractivity contribution in [3.63, 3.8) is 0 Å². The molecule has 1 aromatic heterocycles. The standard InChI is InChI=1S/C6H6N2O4S/c1-8-3(5(11)12)2(4(9)10)7-6(8)13/h1H3,(H,7,13)(H,9,10)(H,11,12). The summed E-state index contributed by atoms with van der Waals surface area (Å²) in [4.78, 5) is 24.6. The van der Waals surface area contributed by atoms with Gasteiger partial charge in [0.2, 0.25) is 0 Å². The average molecular weight is 202 g/mol. The van der Waals surface area contributed by atoms with Gasteiger partial charge in [0.25, 0.3) is 0 Å². The van der Waals surface area contributed by atoms with Crippen LogP contribution in [0.1, 0.15) is 21.0 Å². The second kappa shape index (κ2) is 3.09. The highest BCUT2D eigenvalue weighted by Crippen LogP contribution is 2.13. The molecule has 0 aromatic carbocycles. The Morgan fingerprint density at radius 2 is 1.92 bits per heavy atom. The molecular formula is C6H6N2O4S. The van der Waals surface area contributed by atoms with Crippen molar-refractivity contribution >= 4 is 24.6 Å². The molecule has 6 nitrogen and oxygen atoms in total. The maximum atomic E-state index is 10.6. The number of imidazole rings is 1. The van der Waals surface area contributed by atoms with E-state index in [4.69, 9.17) is 10.2 Å². The summed E-state index contributed by atoms with van der Waals surface area (Å²) < 4.78 is 1.09. The summed E-state index contributed by atoms with van der Waals surface area (Å²) in [6.45, 7) is 0. The van der Waals surface area contributed by atoms with E-state index in [0.717, 1.165) is 4.57 Å². The van der Waals surface area contributed by atoms with E-state index in [1.54, 1.807) is 0 Å². The first kappa shape index (κ1) is 9.59. The van der Waals surface area contributed by atoms with Crippen LogP contribution < -0.4 is 0 Å². The van der Waals surface area contributed by atoms with Crippen LogP contribution in [-0.4, -0.2) is 31.7 Å². The molecule has 0 fully saturated rings. The van der Waals surface area contributed by atoms with Crippen LogP contribution in [0.2, 0.25) is 0 Å². The average Bonchev–Trinajstić information content (AvgIpc) is 2.28. The minimum Gasteiger partial charge on any atom is -0.476 e. The third kappa shape index (κ3) is 1.50. The molecule has 0 spiro atoms. The van der Waals surface area contributed by atoms with Gasteiger partial charge in [0.1, 0.15) is 0 Å². The summed E-state index contributed by atoms with van der Waals surface area (Å²) in [6.07, 6.45) is 0. The molecule has 2 N–H and O–H groups in total. The largest absolute Gasteiger partial charge is 0.476 e. The van der Waals surface area contributed by atoms with Crippen molar-refractivity contribution in [3.8, 4) is 0 Å². The highest BCUT2D eigenvalue weighted by Gasteiger charge is 2.23. The van der Waals surface area contributed by atoms with E-state index in [9.17, 15) is 9.59 Å². The Hall–Kier alpha value is -1.50. The number of aromatic carboxylic acids is 2. The number of thiol groups is 1. The van der Waals surface area contributed by atoms with E-state index in [-0.39, 0.29) is 10.9 Å². The Labute approximate surface area is 78.2 Å². The molecule has 0 aliphatic carbocycles. The fourth-order valence-corrected chi connectivity index (χ4v) is 1.08. The summed E-state index contributed by atoms with van der Waals surface area (Å²) in [5.41, 5.74) is -0.877. The number of hydrogen-bond acceptors (Lipinski definition) is 4. The van der Waals surface area contributed by atoms with Gasteiger partial charge in [-0.2, -0.15) is 0 Å². The third-order valence-electron chi connectivity index (χ3n) is 1.48. The monoisotopic (exact) mass is 202 g/mol. The molecule has 0 unspecified atom stereocenters. The van der Waals surface area contributed by atoms with Crippen LogP contribution in [0.25, 0.3) is 0 Å². The Bertz CT molecular complexity index is 384. The molecule has 1 aromatic rings. The molecule has 7 heteroatoms. The van der Waals surface area contributed by atoms with Gasteiger partial charge in [0.05, 0.1) is 0 Å². The summed E-state index contributed by atoms with van der Waals surface area (Å²) in [7, 11) is 1.38. The van der Waals surface area contributed by atoms with E-state index in [0.29, 0.717) is 0 Å². The van der Waals surface area contributed by atoms with Crippen molar-refractivity contribution in [3.05, 3.63) is 11.4 Å². The van der Waals surface area contributed by atoms with Gasteiger partial charge in [-0.25, -0.2) is 14.6 Å². The van der Waals surface area contributed by atoms with E-state index in [2.05, 4.69) is 17.6 Å². The lowest BCUT2D eigenvalue weighted by atomic mass is 10.3. The van der Waals surface area contributed by atoms with Crippen LogP contribution in [0.5, 0.6) is 0 Å². The summed E-state index contributed by atoms with van der Waals surface area (Å²) in [5.74, 6) is -2.72. The Morgan fingerprint density at radius 1 is 1.38 bits per heavy atom. The van der Waals surface area contributed by atoms with E-state index >= 15 is 0 Å². The van der Waals surface area contributed by atoms with Gasteiger partial charge in [-0.3, -0.25) is 0 Å². The minimum atomic E-state index is -1.38. The van der Waals surface area contributed by atoms with Gasteiger partial charge in [0, 0.05) is 7.05 Å². The topological polar surface area (TPSA) is 92.4 Å². The summed E-state index contributed by atoms with van der Waals surface area (Å²) in [6, 6.07) is 0. The number of carboxylic acid groups (broad SMARTS) is 2. The first-order valence-electron chi connectivity index (χ1n) is 3.17. The van der Waals surface area contributed by atoms with Gasteiger partial charge in [-0.05, 0) is 0 Å². The van der Waals surface area contributed by atoms with Gasteiger partial charge in [0.15, 0.2) is 16.5 Å². The van der Waals surface area contributed by atoms with Crippen LogP contribution in [-0.2, 0) is 7.05 Å². The molecule has 0 saturated heterocycles. The highest BCUT2D eigenvalue weighted by molar-refractivity contribution is 7.80. The van der Waals surface area contributed by atoms with Crippen molar-refractivity contribution in [1.82, 2.24) is 9.55 Å². The Balaban J connectivity index is 3.44. The van der Waals surface area contributed by atoms with Crippen molar-refractivity contribution in [2.45, 2.75) is 5.16 Å². The molecule has 0 atom stereocenters. The molecule has 0 aliphatic heterocycles. The minimum absolute atomic E-state index is 0.0507. The van der Waals surface area contributed by atoms with Crippen LogP contribution >= 0.6 is 12.6 Å². The fraction of sp³-hybridized carbons (Fsp3) is 0.167. The molecular weight excluding hydrogens is 196 g/mol. The number of rotatable bonds is 2. The smallest absolute Gasteiger partial charge is 0.357 e. The summed E-state index contributed by atoms with van der Waals surface area (Å²) >= 11 is 3.80. The van der Waals surface area contributed by atoms with Gasteiger partial charge in [-0.15, -0.1) is 12.6 Å². The number of carboxylic acids is 2. The number of carbonyl (C=O) groups is 2. The van der Waals surface area contributed by atoms with Crippen LogP contribution in [0.4, 0.5) is 0 Å². The Morgan fingerprint density at radius 3 is 2.23 bits per heavy atom. The lowest BCUT2D eigenvalue weighted by Crippen LogP contribution is -2.10. The maximum Gasteiger partial charge on any atom is 0.357 e. The van der Waals surface area contributed by atoms with Gasteiger partial charge >= 0.3 is 11.9 Å². The van der Waals surface area contributed by atoms with Crippen molar-refractivity contribution in [1.29, 1.82) is 0 Å². The zero-order valence-electron chi connectivity index (χ0n) is 6.55. The first-order valence-corrected chi connectivity index (χ1v) is 3.62. The SMILES string of the molecule is Cn1c(S)nc(C(=O)O)c1C(=O)O. The van der Waals surface area contributed by atoms with E-state index in [1.165, 1.54) is 7.05 Å². The van der Waals surface area contributed by atoms with Gasteiger partial charge in [-0.1, -0.05) is 0 Å². The predicted octanol–water partition coefficient (Wildman–Crippen LogP) is 0.105. The molecule has 1 heterocycles. The fourth-order valence-electron chi connectivity index (χ4n) is 0.881. The lowest BCUT2D eigenvalue weighted by molar-refractivity contribution is 0.0641. The van der Waals surface area contributed by atoms with Crippen LogP contribution in [0.3, 0.4) is 0 Å². The third-order valence-corrected chi connectivity index (χ3v) is 1.88. The molecule has 0 aliphatic rings. The molecule has 13 heavy (non-hydrogen) atoms.